The Morgan fingerprint density at radius 3 is 2.78 bits per heavy atom. The molecule has 0 aliphatic heterocycles. The molecule has 6 nitrogen and oxygen atoms in total. The van der Waals surface area contributed by atoms with Gasteiger partial charge in [-0.1, -0.05) is 0 Å². The van der Waals surface area contributed by atoms with Gasteiger partial charge in [-0.3, -0.25) is 9.48 Å². The monoisotopic (exact) mass is 265 g/mol. The number of aryl methyl sites for hydroxylation is 2. The fourth-order valence-electron chi connectivity index (χ4n) is 1.48. The third kappa shape index (κ3) is 2.25. The minimum absolute atomic E-state index is 0.129. The predicted octanol–water partition coefficient (Wildman–Crippen LogP) is 1.74. The van der Waals surface area contributed by atoms with Crippen LogP contribution in [-0.4, -0.2) is 26.8 Å². The van der Waals surface area contributed by atoms with E-state index >= 15 is 0 Å². The van der Waals surface area contributed by atoms with Crippen molar-refractivity contribution in [3.63, 3.8) is 0 Å². The summed E-state index contributed by atoms with van der Waals surface area (Å²) < 4.78 is 1.51. The van der Waals surface area contributed by atoms with E-state index in [1.807, 2.05) is 0 Å². The second kappa shape index (κ2) is 4.61. The smallest absolute Gasteiger partial charge is 0.348 e. The van der Waals surface area contributed by atoms with Crippen LogP contribution in [0.2, 0.25) is 0 Å². The van der Waals surface area contributed by atoms with Gasteiger partial charge in [0.2, 0.25) is 0 Å². The summed E-state index contributed by atoms with van der Waals surface area (Å²) in [5.74, 6) is -1.42. The zero-order valence-corrected chi connectivity index (χ0v) is 10.6. The molecule has 2 rings (SSSR count). The molecule has 0 saturated heterocycles. The highest BCUT2D eigenvalue weighted by Gasteiger charge is 2.18. The summed E-state index contributed by atoms with van der Waals surface area (Å²) in [6, 6.07) is 0. The van der Waals surface area contributed by atoms with Crippen molar-refractivity contribution in [1.29, 1.82) is 0 Å². The number of carbonyl (C=O) groups is 2. The Morgan fingerprint density at radius 2 is 2.22 bits per heavy atom. The molecule has 0 unspecified atom stereocenters. The molecule has 0 aromatic carbocycles. The number of nitrogens with zero attached hydrogens (tertiary/aromatic N) is 2. The number of carbonyl (C=O) groups excluding carboxylic acids is 1. The lowest BCUT2D eigenvalue weighted by Gasteiger charge is -2.04. The Hall–Kier alpha value is -2.15. The van der Waals surface area contributed by atoms with E-state index in [2.05, 4.69) is 10.4 Å². The molecule has 0 atom stereocenters. The second-order valence-electron chi connectivity index (χ2n) is 3.78. The zero-order chi connectivity index (χ0) is 13.3. The van der Waals surface area contributed by atoms with E-state index in [4.69, 9.17) is 5.11 Å². The van der Waals surface area contributed by atoms with Crippen LogP contribution < -0.4 is 5.32 Å². The van der Waals surface area contributed by atoms with E-state index in [9.17, 15) is 9.59 Å². The molecule has 1 amide bonds. The Bertz CT molecular complexity index is 615. The van der Waals surface area contributed by atoms with Gasteiger partial charge in [0.15, 0.2) is 0 Å². The molecule has 0 saturated carbocycles. The lowest BCUT2D eigenvalue weighted by Crippen LogP contribution is -2.13. The number of anilines is 1. The van der Waals surface area contributed by atoms with Gasteiger partial charge in [0.1, 0.15) is 4.88 Å². The molecule has 18 heavy (non-hydrogen) atoms. The first-order chi connectivity index (χ1) is 8.49. The van der Waals surface area contributed by atoms with Crippen LogP contribution in [0.5, 0.6) is 0 Å². The summed E-state index contributed by atoms with van der Waals surface area (Å²) >= 11 is 1.09. The highest BCUT2D eigenvalue weighted by atomic mass is 32.1. The first-order valence-electron chi connectivity index (χ1n) is 5.10. The molecular weight excluding hydrogens is 254 g/mol. The van der Waals surface area contributed by atoms with Gasteiger partial charge in [-0.05, 0) is 17.9 Å². The molecule has 2 N–H and O–H groups in total. The van der Waals surface area contributed by atoms with Crippen molar-refractivity contribution in [2.45, 2.75) is 6.92 Å². The Labute approximate surface area is 107 Å². The largest absolute Gasteiger partial charge is 0.477 e. The van der Waals surface area contributed by atoms with E-state index < -0.39 is 5.97 Å². The minimum Gasteiger partial charge on any atom is -0.477 e. The molecule has 0 radical (unpaired) electrons. The summed E-state index contributed by atoms with van der Waals surface area (Å²) in [6.45, 7) is 1.75. The van der Waals surface area contributed by atoms with Crippen LogP contribution in [0.25, 0.3) is 0 Å². The molecule has 2 aromatic heterocycles. The van der Waals surface area contributed by atoms with Crippen molar-refractivity contribution >= 4 is 28.9 Å². The minimum atomic E-state index is -1.05. The van der Waals surface area contributed by atoms with E-state index in [0.29, 0.717) is 11.3 Å². The molecule has 0 aliphatic carbocycles. The van der Waals surface area contributed by atoms with Gasteiger partial charge in [-0.15, -0.1) is 11.3 Å². The zero-order valence-electron chi connectivity index (χ0n) is 9.80. The van der Waals surface area contributed by atoms with Gasteiger partial charge < -0.3 is 10.4 Å². The van der Waals surface area contributed by atoms with Crippen molar-refractivity contribution in [2.75, 3.05) is 5.32 Å². The number of nitrogens with one attached hydrogen (secondary N) is 1. The predicted molar refractivity (Wildman–Crippen MR) is 67.2 cm³/mol. The van der Waals surface area contributed by atoms with Gasteiger partial charge >= 0.3 is 5.97 Å². The summed E-state index contributed by atoms with van der Waals surface area (Å²) in [5, 5.41) is 17.2. The fraction of sp³-hybridized carbons (Fsp3) is 0.182. The number of hydrogen-bond donors (Lipinski definition) is 2. The highest BCUT2D eigenvalue weighted by Crippen LogP contribution is 2.27. The van der Waals surface area contributed by atoms with Gasteiger partial charge in [-0.2, -0.15) is 5.10 Å². The van der Waals surface area contributed by atoms with Crippen molar-refractivity contribution in [3.8, 4) is 0 Å². The topological polar surface area (TPSA) is 84.2 Å². The summed E-state index contributed by atoms with van der Waals surface area (Å²) in [6.07, 6.45) is 2.99. The van der Waals surface area contributed by atoms with Crippen LogP contribution in [0.1, 0.15) is 25.6 Å². The maximum absolute atomic E-state index is 11.9. The molecule has 7 heteroatoms. The molecule has 2 aromatic rings. The fourth-order valence-corrected chi connectivity index (χ4v) is 2.32. The highest BCUT2D eigenvalue weighted by molar-refractivity contribution is 7.12. The number of carboxylic acids is 1. The van der Waals surface area contributed by atoms with E-state index in [1.54, 1.807) is 25.5 Å². The number of aromatic nitrogens is 2. The van der Waals surface area contributed by atoms with Crippen LogP contribution in [0.4, 0.5) is 5.69 Å². The lowest BCUT2D eigenvalue weighted by molar-refractivity contribution is 0.0703. The van der Waals surface area contributed by atoms with E-state index in [1.165, 1.54) is 10.9 Å². The number of amides is 1. The van der Waals surface area contributed by atoms with Crippen molar-refractivity contribution in [3.05, 3.63) is 33.8 Å². The molecule has 94 valence electrons. The average Bonchev–Trinajstić information content (AvgIpc) is 2.87. The van der Waals surface area contributed by atoms with Gasteiger partial charge in [0.05, 0.1) is 17.4 Å². The van der Waals surface area contributed by atoms with Crippen LogP contribution >= 0.6 is 11.3 Å². The maximum Gasteiger partial charge on any atom is 0.348 e. The van der Waals surface area contributed by atoms with Gasteiger partial charge in [-0.25, -0.2) is 4.79 Å². The molecule has 2 heterocycles. The van der Waals surface area contributed by atoms with Crippen LogP contribution in [-0.2, 0) is 7.05 Å². The standard InChI is InChI=1S/C11H11N3O3S/c1-6-5-18-9(11(16)17)8(6)13-10(15)7-3-12-14(2)4-7/h3-5H,1-2H3,(H,13,15)(H,16,17). The summed E-state index contributed by atoms with van der Waals surface area (Å²) in [7, 11) is 1.70. The first kappa shape index (κ1) is 12.3. The Balaban J connectivity index is 2.27. The number of carboxylic acid groups (broad SMARTS) is 1. The third-order valence-corrected chi connectivity index (χ3v) is 3.46. The molecule has 0 fully saturated rings. The SMILES string of the molecule is Cc1csc(C(=O)O)c1NC(=O)c1cnn(C)c1. The quantitative estimate of drug-likeness (QED) is 0.885. The van der Waals surface area contributed by atoms with E-state index in [-0.39, 0.29) is 10.8 Å². The number of thiophene rings is 1. The molecule has 0 aliphatic rings. The molecule has 0 bridgehead atoms. The van der Waals surface area contributed by atoms with Crippen molar-refractivity contribution < 1.29 is 14.7 Å². The summed E-state index contributed by atoms with van der Waals surface area (Å²) in [5.41, 5.74) is 1.47. The maximum atomic E-state index is 11.9. The molecular formula is C11H11N3O3S. The van der Waals surface area contributed by atoms with Crippen molar-refractivity contribution in [1.82, 2.24) is 9.78 Å². The first-order valence-corrected chi connectivity index (χ1v) is 5.98. The summed E-state index contributed by atoms with van der Waals surface area (Å²) in [4.78, 5) is 23.0. The Morgan fingerprint density at radius 1 is 1.50 bits per heavy atom. The third-order valence-electron chi connectivity index (χ3n) is 2.37. The normalized spacial score (nSPS) is 10.3. The van der Waals surface area contributed by atoms with Gasteiger partial charge in [0.25, 0.3) is 5.91 Å². The van der Waals surface area contributed by atoms with Crippen LogP contribution in [0, 0.1) is 6.92 Å². The average molecular weight is 265 g/mol. The molecule has 0 spiro atoms. The van der Waals surface area contributed by atoms with Crippen LogP contribution in [0.15, 0.2) is 17.8 Å². The van der Waals surface area contributed by atoms with Crippen LogP contribution in [0.3, 0.4) is 0 Å². The Kier molecular flexibility index (Phi) is 3.15. The van der Waals surface area contributed by atoms with Crippen molar-refractivity contribution in [2.24, 2.45) is 7.05 Å². The number of rotatable bonds is 3. The van der Waals surface area contributed by atoms with E-state index in [0.717, 1.165) is 16.9 Å². The second-order valence-corrected chi connectivity index (χ2v) is 4.66. The lowest BCUT2D eigenvalue weighted by atomic mass is 10.2. The van der Waals surface area contributed by atoms with Gasteiger partial charge in [0, 0.05) is 13.2 Å². The number of hydrogen-bond acceptors (Lipinski definition) is 4. The number of aromatic carboxylic acids is 1.